The molecule has 0 aliphatic heterocycles. The normalized spacial score (nSPS) is 15.5. The van der Waals surface area contributed by atoms with Crippen molar-refractivity contribution in [3.63, 3.8) is 0 Å². The molecule has 0 radical (unpaired) electrons. The molecule has 0 aliphatic rings. The maximum atomic E-state index is 13.2. The van der Waals surface area contributed by atoms with Crippen molar-refractivity contribution in [2.24, 2.45) is 17.6 Å². The second-order valence-corrected chi connectivity index (χ2v) is 9.03. The van der Waals surface area contributed by atoms with Gasteiger partial charge in [-0.15, -0.1) is 0 Å². The Labute approximate surface area is 205 Å². The zero-order valence-corrected chi connectivity index (χ0v) is 20.8. The number of benzene rings is 1. The molecule has 190 valence electrons. The van der Waals surface area contributed by atoms with Crippen molar-refractivity contribution in [1.82, 2.24) is 16.0 Å². The Kier molecular flexibility index (Phi) is 11.9. The van der Waals surface area contributed by atoms with Gasteiger partial charge >= 0.3 is 5.97 Å². The summed E-state index contributed by atoms with van der Waals surface area (Å²) in [5.74, 6) is -3.54. The summed E-state index contributed by atoms with van der Waals surface area (Å²) in [6, 6.07) is 2.00. The third-order valence-corrected chi connectivity index (χ3v) is 5.96. The number of carboxylic acids is 1. The topological polar surface area (TPSA) is 171 Å². The minimum atomic E-state index is -1.17. The molecule has 11 heteroatoms. The summed E-state index contributed by atoms with van der Waals surface area (Å²) in [6.07, 6.45) is 0.618. The third-order valence-electron chi connectivity index (χ3n) is 5.57. The van der Waals surface area contributed by atoms with Gasteiger partial charge in [-0.25, -0.2) is 4.79 Å². The maximum absolute atomic E-state index is 13.2. The Hall–Kier alpha value is -2.79. The minimum absolute atomic E-state index is 0.0533. The molecule has 0 heterocycles. The Morgan fingerprint density at radius 3 is 1.97 bits per heavy atom. The molecule has 34 heavy (non-hydrogen) atoms. The highest BCUT2D eigenvalue weighted by atomic mass is 32.1. The van der Waals surface area contributed by atoms with Gasteiger partial charge in [-0.2, -0.15) is 12.6 Å². The van der Waals surface area contributed by atoms with Gasteiger partial charge in [0.1, 0.15) is 23.9 Å². The van der Waals surface area contributed by atoms with E-state index in [2.05, 4.69) is 28.6 Å². The van der Waals surface area contributed by atoms with Crippen LogP contribution < -0.4 is 21.7 Å². The first-order valence-corrected chi connectivity index (χ1v) is 11.8. The van der Waals surface area contributed by atoms with Crippen molar-refractivity contribution in [3.05, 3.63) is 29.8 Å². The summed E-state index contributed by atoms with van der Waals surface area (Å²) in [4.78, 5) is 50.1. The number of amides is 3. The van der Waals surface area contributed by atoms with Crippen LogP contribution in [0.2, 0.25) is 0 Å². The van der Waals surface area contributed by atoms with Crippen molar-refractivity contribution in [2.75, 3.05) is 5.75 Å². The zero-order valence-electron chi connectivity index (χ0n) is 19.9. The smallest absolute Gasteiger partial charge is 0.326 e. The molecule has 5 atom stereocenters. The van der Waals surface area contributed by atoms with Gasteiger partial charge < -0.3 is 31.9 Å². The average Bonchev–Trinajstić information content (AvgIpc) is 2.79. The van der Waals surface area contributed by atoms with Crippen LogP contribution in [0.5, 0.6) is 5.75 Å². The third kappa shape index (κ3) is 8.86. The summed E-state index contributed by atoms with van der Waals surface area (Å²) in [5.41, 5.74) is 6.40. The Balaban J connectivity index is 3.14. The van der Waals surface area contributed by atoms with E-state index in [-0.39, 0.29) is 29.8 Å². The molecule has 0 aromatic heterocycles. The zero-order chi connectivity index (χ0) is 26.0. The van der Waals surface area contributed by atoms with E-state index in [1.165, 1.54) is 12.1 Å². The molecule has 1 aromatic rings. The Morgan fingerprint density at radius 2 is 1.50 bits per heavy atom. The van der Waals surface area contributed by atoms with Crippen molar-refractivity contribution in [3.8, 4) is 5.75 Å². The number of phenolic OH excluding ortho intramolecular Hbond substituents is 1. The molecular formula is C23H36N4O6S. The number of carbonyl (C=O) groups excluding carboxylic acids is 3. The summed E-state index contributed by atoms with van der Waals surface area (Å²) in [6.45, 7) is 6.95. The fraction of sp³-hybridized carbons (Fsp3) is 0.565. The monoisotopic (exact) mass is 496 g/mol. The molecule has 10 nitrogen and oxygen atoms in total. The van der Waals surface area contributed by atoms with Gasteiger partial charge in [-0.3, -0.25) is 14.4 Å². The van der Waals surface area contributed by atoms with Crippen LogP contribution >= 0.6 is 12.6 Å². The maximum Gasteiger partial charge on any atom is 0.326 e. The van der Waals surface area contributed by atoms with E-state index in [0.717, 1.165) is 0 Å². The van der Waals surface area contributed by atoms with Crippen LogP contribution in [0.1, 0.15) is 39.7 Å². The summed E-state index contributed by atoms with van der Waals surface area (Å²) >= 11 is 4.01. The number of hydrogen-bond donors (Lipinski definition) is 7. The first-order chi connectivity index (χ1) is 15.9. The fourth-order valence-corrected chi connectivity index (χ4v) is 3.32. The lowest BCUT2D eigenvalue weighted by Gasteiger charge is -2.28. The number of nitrogens with one attached hydrogen (secondary N) is 3. The van der Waals surface area contributed by atoms with Crippen molar-refractivity contribution >= 4 is 36.3 Å². The molecule has 1 aromatic carbocycles. The number of phenols is 1. The standard InChI is InChI=1S/C23H36N4O6S/c1-5-13(4)19(22(31)26-18(12(2)3)23(32)33)27-21(30)17(25-20(29)16(24)11-34)10-14-6-8-15(28)9-7-14/h6-9,12-13,16-19,28,34H,5,10-11,24H2,1-4H3,(H,25,29)(H,26,31)(H,27,30)(H,32,33). The average molecular weight is 497 g/mol. The van der Waals surface area contributed by atoms with Crippen LogP contribution in [0, 0.1) is 11.8 Å². The number of carbonyl (C=O) groups is 4. The van der Waals surface area contributed by atoms with Gasteiger partial charge in [-0.05, 0) is 29.5 Å². The van der Waals surface area contributed by atoms with Crippen LogP contribution in [0.15, 0.2) is 24.3 Å². The van der Waals surface area contributed by atoms with Crippen LogP contribution in [0.3, 0.4) is 0 Å². The molecule has 0 spiro atoms. The summed E-state index contributed by atoms with van der Waals surface area (Å²) < 4.78 is 0. The van der Waals surface area contributed by atoms with E-state index in [1.807, 2.05) is 6.92 Å². The predicted molar refractivity (Wildman–Crippen MR) is 131 cm³/mol. The van der Waals surface area contributed by atoms with E-state index in [0.29, 0.717) is 12.0 Å². The van der Waals surface area contributed by atoms with Gasteiger partial charge in [0.05, 0.1) is 6.04 Å². The second kappa shape index (κ2) is 13.8. The first-order valence-electron chi connectivity index (χ1n) is 11.2. The second-order valence-electron chi connectivity index (χ2n) is 8.66. The number of hydrogen-bond acceptors (Lipinski definition) is 7. The van der Waals surface area contributed by atoms with E-state index in [1.54, 1.807) is 32.9 Å². The van der Waals surface area contributed by atoms with Crippen molar-refractivity contribution < 1.29 is 29.4 Å². The predicted octanol–water partition coefficient (Wildman–Crippen LogP) is 0.433. The highest BCUT2D eigenvalue weighted by Crippen LogP contribution is 2.14. The molecular weight excluding hydrogens is 460 g/mol. The molecule has 5 unspecified atom stereocenters. The Bertz CT molecular complexity index is 848. The molecule has 1 rings (SSSR count). The van der Waals surface area contributed by atoms with Crippen LogP contribution in [-0.4, -0.2) is 63.8 Å². The van der Waals surface area contributed by atoms with E-state index >= 15 is 0 Å². The van der Waals surface area contributed by atoms with Crippen molar-refractivity contribution in [2.45, 2.75) is 64.7 Å². The van der Waals surface area contributed by atoms with Gasteiger partial charge in [0.15, 0.2) is 0 Å². The Morgan fingerprint density at radius 1 is 0.941 bits per heavy atom. The number of thiol groups is 1. The SMILES string of the molecule is CCC(C)C(NC(=O)C(Cc1ccc(O)cc1)NC(=O)C(N)CS)C(=O)NC(C(=O)O)C(C)C. The summed E-state index contributed by atoms with van der Waals surface area (Å²) in [7, 11) is 0. The fourth-order valence-electron chi connectivity index (χ4n) is 3.15. The molecule has 0 fully saturated rings. The van der Waals surface area contributed by atoms with Gasteiger partial charge in [-0.1, -0.05) is 46.2 Å². The number of carboxylic acid groups (broad SMARTS) is 1. The number of nitrogens with two attached hydrogens (primary N) is 1. The minimum Gasteiger partial charge on any atom is -0.508 e. The van der Waals surface area contributed by atoms with E-state index in [9.17, 15) is 29.4 Å². The van der Waals surface area contributed by atoms with Crippen LogP contribution in [-0.2, 0) is 25.6 Å². The largest absolute Gasteiger partial charge is 0.508 e. The molecule has 7 N–H and O–H groups in total. The first kappa shape index (κ1) is 29.2. The number of aromatic hydroxyl groups is 1. The van der Waals surface area contributed by atoms with E-state index < -0.39 is 47.9 Å². The summed E-state index contributed by atoms with van der Waals surface area (Å²) in [5, 5.41) is 26.7. The van der Waals surface area contributed by atoms with Crippen LogP contribution in [0.4, 0.5) is 0 Å². The molecule has 0 bridgehead atoms. The molecule has 0 aliphatic carbocycles. The van der Waals surface area contributed by atoms with Gasteiger partial charge in [0, 0.05) is 12.2 Å². The van der Waals surface area contributed by atoms with Crippen LogP contribution in [0.25, 0.3) is 0 Å². The lowest BCUT2D eigenvalue weighted by Crippen LogP contribution is -2.59. The lowest BCUT2D eigenvalue weighted by molar-refractivity contribution is -0.144. The van der Waals surface area contributed by atoms with Gasteiger partial charge in [0.25, 0.3) is 0 Å². The highest BCUT2D eigenvalue weighted by molar-refractivity contribution is 7.80. The number of rotatable bonds is 13. The number of aliphatic carboxylic acids is 1. The quantitative estimate of drug-likeness (QED) is 0.194. The van der Waals surface area contributed by atoms with E-state index in [4.69, 9.17) is 5.73 Å². The molecule has 3 amide bonds. The lowest BCUT2D eigenvalue weighted by atomic mass is 9.96. The van der Waals surface area contributed by atoms with Gasteiger partial charge in [0.2, 0.25) is 17.7 Å². The molecule has 0 saturated carbocycles. The highest BCUT2D eigenvalue weighted by Gasteiger charge is 2.33. The molecule has 0 saturated heterocycles. The van der Waals surface area contributed by atoms with Crippen molar-refractivity contribution in [1.29, 1.82) is 0 Å².